The predicted octanol–water partition coefficient (Wildman–Crippen LogP) is 2.41. The zero-order chi connectivity index (χ0) is 12.4. The molecule has 0 aromatic carbocycles. The Kier molecular flexibility index (Phi) is 3.64. The van der Waals surface area contributed by atoms with Gasteiger partial charge in [-0.2, -0.15) is 0 Å². The monoisotopic (exact) mass is 254 g/mol. The van der Waals surface area contributed by atoms with Crippen LogP contribution in [0.2, 0.25) is 5.02 Å². The summed E-state index contributed by atoms with van der Waals surface area (Å²) in [6.45, 7) is 4.36. The zero-order valence-corrected chi connectivity index (χ0v) is 10.6. The summed E-state index contributed by atoms with van der Waals surface area (Å²) in [7, 11) is 0. The lowest BCUT2D eigenvalue weighted by atomic mass is 10.0. The molecule has 1 saturated heterocycles. The highest BCUT2D eigenvalue weighted by atomic mass is 35.5. The Morgan fingerprint density at radius 2 is 2.41 bits per heavy atom. The molecule has 2 rings (SSSR count). The molecule has 4 nitrogen and oxygen atoms in total. The minimum absolute atomic E-state index is 0.0308. The average molecular weight is 255 g/mol. The van der Waals surface area contributed by atoms with Crippen molar-refractivity contribution >= 4 is 23.2 Å². The van der Waals surface area contributed by atoms with Crippen molar-refractivity contribution in [1.82, 2.24) is 4.98 Å². The zero-order valence-electron chi connectivity index (χ0n) is 9.87. The fraction of sp³-hybridized carbons (Fsp3) is 0.500. The normalized spacial score (nSPS) is 23.7. The maximum absolute atomic E-state index is 12.0. The van der Waals surface area contributed by atoms with Gasteiger partial charge < -0.3 is 10.1 Å². The van der Waals surface area contributed by atoms with Crippen molar-refractivity contribution in [2.45, 2.75) is 26.4 Å². The highest BCUT2D eigenvalue weighted by Gasteiger charge is 2.31. The van der Waals surface area contributed by atoms with Gasteiger partial charge in [0, 0.05) is 12.8 Å². The Morgan fingerprint density at radius 1 is 1.65 bits per heavy atom. The molecule has 1 aromatic heterocycles. The summed E-state index contributed by atoms with van der Waals surface area (Å²) >= 11 is 6.07. The van der Waals surface area contributed by atoms with Crippen LogP contribution in [0.3, 0.4) is 0 Å². The van der Waals surface area contributed by atoms with E-state index >= 15 is 0 Å². The maximum Gasteiger partial charge on any atom is 0.230 e. The summed E-state index contributed by atoms with van der Waals surface area (Å²) in [6.07, 6.45) is 2.36. The minimum Gasteiger partial charge on any atom is -0.378 e. The average Bonchev–Trinajstić information content (AvgIpc) is 2.71. The van der Waals surface area contributed by atoms with Crippen LogP contribution in [0.5, 0.6) is 0 Å². The van der Waals surface area contributed by atoms with E-state index in [4.69, 9.17) is 16.3 Å². The second kappa shape index (κ2) is 5.02. The molecule has 0 aliphatic carbocycles. The number of ether oxygens (including phenoxy) is 1. The summed E-state index contributed by atoms with van der Waals surface area (Å²) in [4.78, 5) is 16.1. The van der Waals surface area contributed by atoms with Gasteiger partial charge in [-0.25, -0.2) is 0 Å². The van der Waals surface area contributed by atoms with E-state index in [1.807, 2.05) is 6.92 Å². The smallest absolute Gasteiger partial charge is 0.230 e. The molecule has 92 valence electrons. The van der Waals surface area contributed by atoms with Gasteiger partial charge in [-0.3, -0.25) is 9.78 Å². The number of anilines is 1. The second-order valence-corrected chi connectivity index (χ2v) is 4.60. The number of nitrogens with one attached hydrogen (secondary N) is 1. The molecule has 1 N–H and O–H groups in total. The summed E-state index contributed by atoms with van der Waals surface area (Å²) in [6, 6.07) is 1.70. The Labute approximate surface area is 105 Å². The Balaban J connectivity index is 2.10. The standard InChI is InChI=1S/C12H15ClN2O2/c1-7-11(13)10(3-5-14-7)15-12(16)9-4-6-17-8(9)2/h3,5,8-9H,4,6H2,1-2H3,(H,14,15,16)/t8-,9+/m0/s1. The van der Waals surface area contributed by atoms with E-state index in [2.05, 4.69) is 10.3 Å². The third kappa shape index (κ3) is 2.58. The van der Waals surface area contributed by atoms with Crippen molar-refractivity contribution in [1.29, 1.82) is 0 Å². The van der Waals surface area contributed by atoms with Crippen molar-refractivity contribution in [3.8, 4) is 0 Å². The van der Waals surface area contributed by atoms with Gasteiger partial charge in [-0.05, 0) is 26.3 Å². The number of hydrogen-bond acceptors (Lipinski definition) is 3. The number of amides is 1. The lowest BCUT2D eigenvalue weighted by Crippen LogP contribution is -2.27. The molecule has 1 aliphatic heterocycles. The molecule has 0 saturated carbocycles. The first kappa shape index (κ1) is 12.3. The van der Waals surface area contributed by atoms with E-state index in [1.54, 1.807) is 19.2 Å². The first-order valence-corrected chi connectivity index (χ1v) is 6.01. The number of carbonyl (C=O) groups excluding carboxylic acids is 1. The van der Waals surface area contributed by atoms with E-state index in [-0.39, 0.29) is 17.9 Å². The van der Waals surface area contributed by atoms with Gasteiger partial charge in [0.25, 0.3) is 0 Å². The molecular formula is C12H15ClN2O2. The number of rotatable bonds is 2. The number of hydrogen-bond donors (Lipinski definition) is 1. The molecule has 0 radical (unpaired) electrons. The maximum atomic E-state index is 12.0. The third-order valence-corrected chi connectivity index (χ3v) is 3.51. The Bertz CT molecular complexity index is 437. The quantitative estimate of drug-likeness (QED) is 0.882. The molecule has 1 aliphatic rings. The molecule has 1 amide bonds. The lowest BCUT2D eigenvalue weighted by molar-refractivity contribution is -0.121. The van der Waals surface area contributed by atoms with Crippen LogP contribution >= 0.6 is 11.6 Å². The fourth-order valence-corrected chi connectivity index (χ4v) is 2.11. The molecule has 1 aromatic rings. The highest BCUT2D eigenvalue weighted by Crippen LogP contribution is 2.26. The fourth-order valence-electron chi connectivity index (χ4n) is 1.95. The Morgan fingerprint density at radius 3 is 3.06 bits per heavy atom. The summed E-state index contributed by atoms with van der Waals surface area (Å²) < 4.78 is 5.37. The van der Waals surface area contributed by atoms with Gasteiger partial charge in [-0.1, -0.05) is 11.6 Å². The number of pyridine rings is 1. The van der Waals surface area contributed by atoms with Gasteiger partial charge in [0.05, 0.1) is 28.4 Å². The number of aromatic nitrogens is 1. The summed E-state index contributed by atoms with van der Waals surface area (Å²) in [5.41, 5.74) is 1.32. The molecule has 1 fully saturated rings. The van der Waals surface area contributed by atoms with E-state index in [0.717, 1.165) is 6.42 Å². The van der Waals surface area contributed by atoms with E-state index in [1.165, 1.54) is 0 Å². The third-order valence-electron chi connectivity index (χ3n) is 3.03. The van der Waals surface area contributed by atoms with E-state index in [9.17, 15) is 4.79 Å². The number of aryl methyl sites for hydroxylation is 1. The van der Waals surface area contributed by atoms with Crippen molar-refractivity contribution in [2.24, 2.45) is 5.92 Å². The van der Waals surface area contributed by atoms with Crippen molar-refractivity contribution in [3.05, 3.63) is 23.0 Å². The Hall–Kier alpha value is -1.13. The number of carbonyl (C=O) groups is 1. The number of halogens is 1. The van der Waals surface area contributed by atoms with Gasteiger partial charge in [0.2, 0.25) is 5.91 Å². The SMILES string of the molecule is Cc1nccc(NC(=O)[C@@H]2CCO[C@H]2C)c1Cl. The summed E-state index contributed by atoms with van der Waals surface area (Å²) in [5.74, 6) is -0.137. The van der Waals surface area contributed by atoms with Crippen LogP contribution in [0.15, 0.2) is 12.3 Å². The van der Waals surface area contributed by atoms with Crippen LogP contribution in [-0.2, 0) is 9.53 Å². The van der Waals surface area contributed by atoms with Gasteiger partial charge in [-0.15, -0.1) is 0 Å². The first-order chi connectivity index (χ1) is 8.09. The molecule has 5 heteroatoms. The molecule has 17 heavy (non-hydrogen) atoms. The molecule has 0 spiro atoms. The van der Waals surface area contributed by atoms with Gasteiger partial charge >= 0.3 is 0 Å². The summed E-state index contributed by atoms with van der Waals surface area (Å²) in [5, 5.41) is 3.33. The van der Waals surface area contributed by atoms with Crippen LogP contribution < -0.4 is 5.32 Å². The van der Waals surface area contributed by atoms with E-state index < -0.39 is 0 Å². The van der Waals surface area contributed by atoms with Crippen molar-refractivity contribution in [2.75, 3.05) is 11.9 Å². The minimum atomic E-state index is -0.0976. The van der Waals surface area contributed by atoms with Crippen LogP contribution in [-0.4, -0.2) is 23.6 Å². The lowest BCUT2D eigenvalue weighted by Gasteiger charge is -2.15. The van der Waals surface area contributed by atoms with Crippen molar-refractivity contribution in [3.63, 3.8) is 0 Å². The molecular weight excluding hydrogens is 240 g/mol. The van der Waals surface area contributed by atoms with E-state index in [0.29, 0.717) is 23.0 Å². The molecule has 2 heterocycles. The first-order valence-electron chi connectivity index (χ1n) is 5.63. The van der Waals surface area contributed by atoms with Crippen molar-refractivity contribution < 1.29 is 9.53 Å². The molecule has 0 unspecified atom stereocenters. The van der Waals surface area contributed by atoms with Crippen LogP contribution in [0.25, 0.3) is 0 Å². The van der Waals surface area contributed by atoms with Gasteiger partial charge in [0.1, 0.15) is 0 Å². The van der Waals surface area contributed by atoms with Crippen LogP contribution in [0.4, 0.5) is 5.69 Å². The van der Waals surface area contributed by atoms with Gasteiger partial charge in [0.15, 0.2) is 0 Å². The largest absolute Gasteiger partial charge is 0.378 e. The number of nitrogens with zero attached hydrogens (tertiary/aromatic N) is 1. The molecule has 2 atom stereocenters. The van der Waals surface area contributed by atoms with Crippen LogP contribution in [0, 0.1) is 12.8 Å². The second-order valence-electron chi connectivity index (χ2n) is 4.22. The van der Waals surface area contributed by atoms with Crippen LogP contribution in [0.1, 0.15) is 19.0 Å². The topological polar surface area (TPSA) is 51.2 Å². The predicted molar refractivity (Wildman–Crippen MR) is 66.1 cm³/mol. The molecule has 0 bridgehead atoms. The highest BCUT2D eigenvalue weighted by molar-refractivity contribution is 6.34.